The lowest BCUT2D eigenvalue weighted by Crippen LogP contribution is -2.49. The summed E-state index contributed by atoms with van der Waals surface area (Å²) < 4.78 is 0. The van der Waals surface area contributed by atoms with E-state index in [1.54, 1.807) is 24.3 Å². The Morgan fingerprint density at radius 1 is 1.18 bits per heavy atom. The summed E-state index contributed by atoms with van der Waals surface area (Å²) in [5, 5.41) is 0. The first-order valence-electron chi connectivity index (χ1n) is 7.53. The van der Waals surface area contributed by atoms with Gasteiger partial charge in [0.2, 0.25) is 11.8 Å². The van der Waals surface area contributed by atoms with Gasteiger partial charge in [0.25, 0.3) is 5.91 Å². The number of primary amides is 1. The molecule has 0 spiro atoms. The van der Waals surface area contributed by atoms with E-state index in [1.165, 1.54) is 4.90 Å². The summed E-state index contributed by atoms with van der Waals surface area (Å²) in [5.74, 6) is -0.965. The molecule has 2 N–H and O–H groups in total. The van der Waals surface area contributed by atoms with Gasteiger partial charge in [-0.25, -0.2) is 4.90 Å². The monoisotopic (exact) mass is 301 g/mol. The minimum atomic E-state index is -0.477. The first kappa shape index (κ1) is 14.7. The van der Waals surface area contributed by atoms with E-state index in [0.717, 1.165) is 19.4 Å². The van der Waals surface area contributed by atoms with E-state index in [2.05, 4.69) is 0 Å². The Kier molecular flexibility index (Phi) is 3.94. The molecule has 3 rings (SSSR count). The van der Waals surface area contributed by atoms with E-state index in [-0.39, 0.29) is 30.1 Å². The number of hydrogen-bond donors (Lipinski definition) is 1. The van der Waals surface area contributed by atoms with E-state index >= 15 is 0 Å². The Bertz CT molecular complexity index is 602. The van der Waals surface area contributed by atoms with Crippen LogP contribution in [-0.2, 0) is 14.4 Å². The van der Waals surface area contributed by atoms with Crippen LogP contribution >= 0.6 is 0 Å². The van der Waals surface area contributed by atoms with Gasteiger partial charge < -0.3 is 5.73 Å². The molecule has 2 atom stereocenters. The maximum atomic E-state index is 12.6. The molecule has 116 valence electrons. The van der Waals surface area contributed by atoms with Crippen molar-refractivity contribution in [2.24, 2.45) is 11.7 Å². The number of benzene rings is 1. The largest absolute Gasteiger partial charge is 0.369 e. The molecule has 2 aliphatic rings. The summed E-state index contributed by atoms with van der Waals surface area (Å²) in [7, 11) is 0. The maximum absolute atomic E-state index is 12.6. The number of likely N-dealkylation sites (tertiary alicyclic amines) is 1. The van der Waals surface area contributed by atoms with Crippen LogP contribution < -0.4 is 10.6 Å². The number of carbonyl (C=O) groups is 3. The molecule has 2 heterocycles. The number of carbonyl (C=O) groups excluding carboxylic acids is 3. The predicted octanol–water partition coefficient (Wildman–Crippen LogP) is 0.516. The van der Waals surface area contributed by atoms with Crippen LogP contribution in [0.2, 0.25) is 0 Å². The minimum absolute atomic E-state index is 0.166. The zero-order chi connectivity index (χ0) is 15.7. The average molecular weight is 301 g/mol. The van der Waals surface area contributed by atoms with Gasteiger partial charge in [0, 0.05) is 6.54 Å². The number of piperidine rings is 1. The van der Waals surface area contributed by atoms with Gasteiger partial charge in [-0.3, -0.25) is 19.3 Å². The standard InChI is InChI=1S/C16H19N3O3/c17-15(21)11-5-4-8-18(10-11)13-9-14(20)19(16(13)22)12-6-2-1-3-7-12/h1-3,6-7,11,13H,4-5,8-10H2,(H2,17,21)/t11-,13-/m1/s1. The molecule has 3 amide bonds. The Balaban J connectivity index is 1.78. The van der Waals surface area contributed by atoms with Crippen molar-refractivity contribution in [3.63, 3.8) is 0 Å². The molecule has 2 saturated heterocycles. The van der Waals surface area contributed by atoms with Crippen LogP contribution in [0.1, 0.15) is 19.3 Å². The number of rotatable bonds is 3. The molecule has 0 radical (unpaired) electrons. The summed E-state index contributed by atoms with van der Waals surface area (Å²) in [4.78, 5) is 39.4. The van der Waals surface area contributed by atoms with E-state index in [4.69, 9.17) is 5.73 Å². The van der Waals surface area contributed by atoms with Crippen molar-refractivity contribution >= 4 is 23.4 Å². The number of nitrogens with zero attached hydrogens (tertiary/aromatic N) is 2. The van der Waals surface area contributed by atoms with Crippen molar-refractivity contribution in [2.45, 2.75) is 25.3 Å². The molecule has 0 saturated carbocycles. The second kappa shape index (κ2) is 5.88. The third-order valence-electron chi connectivity index (χ3n) is 4.43. The van der Waals surface area contributed by atoms with Crippen LogP contribution in [-0.4, -0.2) is 41.8 Å². The van der Waals surface area contributed by atoms with Crippen LogP contribution in [0, 0.1) is 5.92 Å². The number of imide groups is 1. The van der Waals surface area contributed by atoms with Crippen molar-refractivity contribution in [2.75, 3.05) is 18.0 Å². The first-order valence-corrected chi connectivity index (χ1v) is 7.53. The fourth-order valence-corrected chi connectivity index (χ4v) is 3.27. The molecule has 2 aliphatic heterocycles. The van der Waals surface area contributed by atoms with E-state index in [0.29, 0.717) is 12.2 Å². The normalized spacial score (nSPS) is 26.5. The SMILES string of the molecule is NC(=O)[C@@H]1CCCN([C@@H]2CC(=O)N(c3ccccc3)C2=O)C1. The molecule has 0 aromatic heterocycles. The zero-order valence-corrected chi connectivity index (χ0v) is 12.3. The van der Waals surface area contributed by atoms with Crippen molar-refractivity contribution in [3.8, 4) is 0 Å². The number of hydrogen-bond acceptors (Lipinski definition) is 4. The Morgan fingerprint density at radius 2 is 1.91 bits per heavy atom. The third kappa shape index (κ3) is 2.62. The predicted molar refractivity (Wildman–Crippen MR) is 80.8 cm³/mol. The fraction of sp³-hybridized carbons (Fsp3) is 0.438. The molecule has 6 nitrogen and oxygen atoms in total. The molecular weight excluding hydrogens is 282 g/mol. The first-order chi connectivity index (χ1) is 10.6. The van der Waals surface area contributed by atoms with E-state index < -0.39 is 6.04 Å². The van der Waals surface area contributed by atoms with Crippen LogP contribution in [0.3, 0.4) is 0 Å². The van der Waals surface area contributed by atoms with Gasteiger partial charge in [-0.2, -0.15) is 0 Å². The Morgan fingerprint density at radius 3 is 2.59 bits per heavy atom. The van der Waals surface area contributed by atoms with Crippen LogP contribution in [0.5, 0.6) is 0 Å². The van der Waals surface area contributed by atoms with Crippen LogP contribution in [0.4, 0.5) is 5.69 Å². The minimum Gasteiger partial charge on any atom is -0.369 e. The summed E-state index contributed by atoms with van der Waals surface area (Å²) in [6.45, 7) is 1.18. The highest BCUT2D eigenvalue weighted by Crippen LogP contribution is 2.28. The number of anilines is 1. The van der Waals surface area contributed by atoms with Gasteiger partial charge in [-0.1, -0.05) is 18.2 Å². The summed E-state index contributed by atoms with van der Waals surface area (Å²) in [5.41, 5.74) is 5.98. The average Bonchev–Trinajstić information content (AvgIpc) is 2.83. The molecule has 0 aliphatic carbocycles. The summed E-state index contributed by atoms with van der Waals surface area (Å²) >= 11 is 0. The molecule has 0 unspecified atom stereocenters. The summed E-state index contributed by atoms with van der Waals surface area (Å²) in [6.07, 6.45) is 1.74. The van der Waals surface area contributed by atoms with Crippen LogP contribution in [0.15, 0.2) is 30.3 Å². The highest BCUT2D eigenvalue weighted by Gasteiger charge is 2.44. The molecule has 1 aromatic rings. The van der Waals surface area contributed by atoms with Gasteiger partial charge in [-0.05, 0) is 31.5 Å². The van der Waals surface area contributed by atoms with Gasteiger partial charge in [0.05, 0.1) is 24.1 Å². The Labute approximate surface area is 128 Å². The van der Waals surface area contributed by atoms with Gasteiger partial charge >= 0.3 is 0 Å². The lowest BCUT2D eigenvalue weighted by molar-refractivity contribution is -0.127. The zero-order valence-electron chi connectivity index (χ0n) is 12.3. The lowest BCUT2D eigenvalue weighted by atomic mass is 9.96. The molecule has 22 heavy (non-hydrogen) atoms. The lowest BCUT2D eigenvalue weighted by Gasteiger charge is -2.34. The molecule has 1 aromatic carbocycles. The second-order valence-corrected chi connectivity index (χ2v) is 5.86. The van der Waals surface area contributed by atoms with Gasteiger partial charge in [0.15, 0.2) is 0 Å². The smallest absolute Gasteiger partial charge is 0.251 e. The number of amides is 3. The topological polar surface area (TPSA) is 83.7 Å². The maximum Gasteiger partial charge on any atom is 0.251 e. The van der Waals surface area contributed by atoms with E-state index in [9.17, 15) is 14.4 Å². The van der Waals surface area contributed by atoms with Crippen molar-refractivity contribution in [3.05, 3.63) is 30.3 Å². The second-order valence-electron chi connectivity index (χ2n) is 5.86. The van der Waals surface area contributed by atoms with Crippen molar-refractivity contribution in [1.82, 2.24) is 4.90 Å². The fourth-order valence-electron chi connectivity index (χ4n) is 3.27. The van der Waals surface area contributed by atoms with Crippen LogP contribution in [0.25, 0.3) is 0 Å². The highest BCUT2D eigenvalue weighted by atomic mass is 16.2. The Hall–Kier alpha value is -2.21. The van der Waals surface area contributed by atoms with Crippen molar-refractivity contribution in [1.29, 1.82) is 0 Å². The van der Waals surface area contributed by atoms with Gasteiger partial charge in [0.1, 0.15) is 0 Å². The van der Waals surface area contributed by atoms with Crippen molar-refractivity contribution < 1.29 is 14.4 Å². The molecular formula is C16H19N3O3. The number of para-hydroxylation sites is 1. The molecule has 0 bridgehead atoms. The van der Waals surface area contributed by atoms with E-state index in [1.807, 2.05) is 11.0 Å². The summed E-state index contributed by atoms with van der Waals surface area (Å²) in [6, 6.07) is 8.46. The highest BCUT2D eigenvalue weighted by molar-refractivity contribution is 6.22. The number of nitrogens with two attached hydrogens (primary N) is 1. The molecule has 6 heteroatoms. The third-order valence-corrected chi connectivity index (χ3v) is 4.43. The quantitative estimate of drug-likeness (QED) is 0.825. The molecule has 2 fully saturated rings. The van der Waals surface area contributed by atoms with Gasteiger partial charge in [-0.15, -0.1) is 0 Å².